The highest BCUT2D eigenvalue weighted by Gasteiger charge is 2.32. The van der Waals surface area contributed by atoms with Crippen LogP contribution in [0.25, 0.3) is 0 Å². The van der Waals surface area contributed by atoms with Gasteiger partial charge in [0.05, 0.1) is 44.1 Å². The number of rotatable bonds is 7. The molecule has 202 valence electrons. The van der Waals surface area contributed by atoms with Gasteiger partial charge >= 0.3 is 0 Å². The number of benzene rings is 2. The Morgan fingerprint density at radius 2 is 1.26 bits per heavy atom. The molecular weight excluding hydrogens is 548 g/mol. The van der Waals surface area contributed by atoms with E-state index in [0.717, 1.165) is 10.0 Å². The summed E-state index contributed by atoms with van der Waals surface area (Å²) in [6.07, 6.45) is 8.04. The first-order chi connectivity index (χ1) is 18.3. The largest absolute Gasteiger partial charge is 0.294 e. The molecule has 2 heterocycles. The molecule has 2 aliphatic heterocycles. The van der Waals surface area contributed by atoms with Crippen LogP contribution in [0.15, 0.2) is 104 Å². The van der Waals surface area contributed by atoms with E-state index >= 15 is 0 Å². The molecule has 0 saturated heterocycles. The van der Waals surface area contributed by atoms with Gasteiger partial charge in [0.25, 0.3) is 32.1 Å². The molecular formula is C25H22N4O8S2. The van der Waals surface area contributed by atoms with Crippen LogP contribution < -0.4 is 10.0 Å². The quantitative estimate of drug-likeness (QED) is 0.290. The minimum atomic E-state index is -4.36. The topological polar surface area (TPSA) is 174 Å². The van der Waals surface area contributed by atoms with Crippen molar-refractivity contribution in [3.8, 4) is 0 Å². The Morgan fingerprint density at radius 3 is 1.77 bits per heavy atom. The summed E-state index contributed by atoms with van der Waals surface area (Å²) < 4.78 is 63.1. The fraction of sp³-hybridized carbons (Fsp3) is 0.120. The zero-order chi connectivity index (χ0) is 28.5. The number of hydrogen-bond acceptors (Lipinski definition) is 8. The fourth-order valence-electron chi connectivity index (χ4n) is 3.78. The summed E-state index contributed by atoms with van der Waals surface area (Å²) in [5, 5.41) is 10.7. The normalized spacial score (nSPS) is 19.6. The van der Waals surface area contributed by atoms with Crippen molar-refractivity contribution >= 4 is 54.8 Å². The molecule has 0 bridgehead atoms. The Labute approximate surface area is 224 Å². The average Bonchev–Trinajstić information content (AvgIpc) is 3.32. The van der Waals surface area contributed by atoms with Crippen molar-refractivity contribution in [3.63, 3.8) is 0 Å². The highest BCUT2D eigenvalue weighted by molar-refractivity contribution is 7.86. The van der Waals surface area contributed by atoms with Crippen LogP contribution in [0.4, 0.5) is 11.4 Å². The van der Waals surface area contributed by atoms with Crippen molar-refractivity contribution in [1.82, 2.24) is 0 Å². The summed E-state index contributed by atoms with van der Waals surface area (Å²) in [4.78, 5) is 25.1. The zero-order valence-electron chi connectivity index (χ0n) is 20.5. The van der Waals surface area contributed by atoms with E-state index in [1.807, 2.05) is 0 Å². The number of anilines is 2. The van der Waals surface area contributed by atoms with Gasteiger partial charge in [-0.15, -0.1) is 0 Å². The van der Waals surface area contributed by atoms with E-state index in [4.69, 9.17) is 9.11 Å². The van der Waals surface area contributed by atoms with E-state index in [0.29, 0.717) is 28.4 Å². The van der Waals surface area contributed by atoms with E-state index in [2.05, 4.69) is 10.2 Å². The molecule has 4 rings (SSSR count). The summed E-state index contributed by atoms with van der Waals surface area (Å²) in [6, 6.07) is 10.1. The van der Waals surface area contributed by atoms with Crippen molar-refractivity contribution in [1.29, 1.82) is 0 Å². The summed E-state index contributed by atoms with van der Waals surface area (Å²) in [5.74, 6) is -1.42. The van der Waals surface area contributed by atoms with Crippen molar-refractivity contribution in [2.75, 3.05) is 10.0 Å². The van der Waals surface area contributed by atoms with Gasteiger partial charge in [0.15, 0.2) is 0 Å². The maximum atomic E-state index is 12.8. The maximum Gasteiger partial charge on any atom is 0.294 e. The summed E-state index contributed by atoms with van der Waals surface area (Å²) >= 11 is 0. The van der Waals surface area contributed by atoms with Crippen LogP contribution in [-0.4, -0.2) is 49.2 Å². The number of carbonyl (C=O) groups is 2. The lowest BCUT2D eigenvalue weighted by Gasteiger charge is -2.13. The molecule has 2 aromatic rings. The van der Waals surface area contributed by atoms with Crippen LogP contribution in [0.2, 0.25) is 0 Å². The van der Waals surface area contributed by atoms with Crippen LogP contribution in [0.5, 0.6) is 0 Å². The first-order valence-electron chi connectivity index (χ1n) is 11.3. The Hall–Kier alpha value is -4.24. The molecule has 2 N–H and O–H groups in total. The average molecular weight is 571 g/mol. The van der Waals surface area contributed by atoms with E-state index in [1.165, 1.54) is 48.5 Å². The number of amides is 2. The molecule has 0 fully saturated rings. The van der Waals surface area contributed by atoms with E-state index in [1.54, 1.807) is 44.2 Å². The molecule has 39 heavy (non-hydrogen) atoms. The molecule has 0 radical (unpaired) electrons. The molecule has 2 aliphatic rings. The van der Waals surface area contributed by atoms with Crippen molar-refractivity contribution in [3.05, 3.63) is 84.5 Å². The van der Waals surface area contributed by atoms with Gasteiger partial charge < -0.3 is 0 Å². The summed E-state index contributed by atoms with van der Waals surface area (Å²) in [6.45, 7) is 3.33. The van der Waals surface area contributed by atoms with Gasteiger partial charge in [0, 0.05) is 0 Å². The molecule has 12 nitrogen and oxygen atoms in total. The monoisotopic (exact) mass is 570 g/mol. The standard InChI is InChI=1S/C25H22N4O8S2/c1-16-22(24(30)28(26-16)18-8-12-20(13-9-18)38(32,33)34)6-4-3-5-7-23-17(2)27-29(25(23)31)19-10-14-21(15-11-19)39(35,36)37/h3-15,22H,1-2H3,(H,32,33,34)(H,35,36,37)/b5-3+,6-4-,23-7-. The first-order valence-corrected chi connectivity index (χ1v) is 14.1. The van der Waals surface area contributed by atoms with Gasteiger partial charge in [0.2, 0.25) is 0 Å². The van der Waals surface area contributed by atoms with Crippen LogP contribution in [0.1, 0.15) is 13.8 Å². The molecule has 1 atom stereocenters. The number of carbonyl (C=O) groups excluding carboxylic acids is 2. The molecule has 2 amide bonds. The van der Waals surface area contributed by atoms with Crippen LogP contribution >= 0.6 is 0 Å². The van der Waals surface area contributed by atoms with Gasteiger partial charge in [-0.05, 0) is 68.5 Å². The molecule has 2 aromatic carbocycles. The smallest absolute Gasteiger partial charge is 0.282 e. The van der Waals surface area contributed by atoms with Gasteiger partial charge in [-0.25, -0.2) is 0 Å². The lowest BCUT2D eigenvalue weighted by Crippen LogP contribution is -2.25. The first kappa shape index (κ1) is 27.8. The van der Waals surface area contributed by atoms with Crippen LogP contribution in [0.3, 0.4) is 0 Å². The van der Waals surface area contributed by atoms with Crippen molar-refractivity contribution in [2.24, 2.45) is 16.1 Å². The Bertz CT molecular complexity index is 1700. The highest BCUT2D eigenvalue weighted by atomic mass is 32.2. The predicted octanol–water partition coefficient (Wildman–Crippen LogP) is 2.98. The van der Waals surface area contributed by atoms with Crippen molar-refractivity contribution in [2.45, 2.75) is 23.6 Å². The summed E-state index contributed by atoms with van der Waals surface area (Å²) in [5.41, 5.74) is 1.94. The van der Waals surface area contributed by atoms with Gasteiger partial charge in [-0.1, -0.05) is 24.3 Å². The third kappa shape index (κ3) is 5.93. The lowest BCUT2D eigenvalue weighted by atomic mass is 10.0. The second kappa shape index (κ2) is 10.5. The molecule has 0 aromatic heterocycles. The van der Waals surface area contributed by atoms with E-state index < -0.39 is 32.1 Å². The van der Waals surface area contributed by atoms with E-state index in [-0.39, 0.29) is 15.7 Å². The predicted molar refractivity (Wildman–Crippen MR) is 144 cm³/mol. The minimum Gasteiger partial charge on any atom is -0.282 e. The maximum absolute atomic E-state index is 12.8. The van der Waals surface area contributed by atoms with Crippen LogP contribution in [-0.2, 0) is 29.8 Å². The molecule has 14 heteroatoms. The fourth-order valence-corrected chi connectivity index (χ4v) is 4.74. The molecule has 0 spiro atoms. The Balaban J connectivity index is 1.41. The van der Waals surface area contributed by atoms with Crippen LogP contribution in [0, 0.1) is 5.92 Å². The lowest BCUT2D eigenvalue weighted by molar-refractivity contribution is -0.118. The SMILES string of the molecule is CC1=NN(c2ccc(S(=O)(=O)O)cc2)C(=O)\C1=C/C=C/C=C\C1C(=O)N(c2ccc(S(=O)(=O)O)cc2)N=C1C. The Morgan fingerprint density at radius 1 is 0.744 bits per heavy atom. The van der Waals surface area contributed by atoms with E-state index in [9.17, 15) is 26.4 Å². The molecule has 0 aliphatic carbocycles. The second-order valence-corrected chi connectivity index (χ2v) is 11.3. The zero-order valence-corrected chi connectivity index (χ0v) is 22.2. The van der Waals surface area contributed by atoms with Crippen molar-refractivity contribution < 1.29 is 35.5 Å². The Kier molecular flexibility index (Phi) is 7.48. The number of hydrogen-bond donors (Lipinski definition) is 2. The van der Waals surface area contributed by atoms with Gasteiger partial charge in [0.1, 0.15) is 0 Å². The number of nitrogens with zero attached hydrogens (tertiary/aromatic N) is 4. The minimum absolute atomic E-state index is 0.298. The third-order valence-corrected chi connectivity index (χ3v) is 7.53. The summed E-state index contributed by atoms with van der Waals surface area (Å²) in [7, 11) is -8.71. The molecule has 0 saturated carbocycles. The second-order valence-electron chi connectivity index (χ2n) is 8.46. The van der Waals surface area contributed by atoms with Gasteiger partial charge in [-0.2, -0.15) is 37.1 Å². The highest BCUT2D eigenvalue weighted by Crippen LogP contribution is 2.27. The number of hydrazone groups is 2. The molecule has 1 unspecified atom stereocenters. The number of allylic oxidation sites excluding steroid dienone is 4. The van der Waals surface area contributed by atoms with Gasteiger partial charge in [-0.3, -0.25) is 18.7 Å². The third-order valence-electron chi connectivity index (χ3n) is 5.79.